The van der Waals surface area contributed by atoms with Crippen LogP contribution in [0, 0.1) is 6.92 Å². The minimum absolute atomic E-state index is 0.0202. The molecule has 0 aromatic carbocycles. The first-order valence-electron chi connectivity index (χ1n) is 7.99. The molecule has 0 atom stereocenters. The first-order valence-corrected chi connectivity index (χ1v) is 8.87. The molecule has 140 valence electrons. The number of hydrogen-bond donors (Lipinski definition) is 3. The lowest BCUT2D eigenvalue weighted by atomic mass is 9.98. The quantitative estimate of drug-likeness (QED) is 0.648. The standard InChI is InChI=1S/C17H21N3O5S/c1-10-12(5-7-25-10)15(24)19-16-18-11(9-26-16)8-13(21)20-17(2,3)6-4-14(22)23/h5,7,9H,4,6,8H2,1-3H3,(H,20,21)(H,22,23)(H,18,19,24). The predicted octanol–water partition coefficient (Wildman–Crippen LogP) is 2.60. The summed E-state index contributed by atoms with van der Waals surface area (Å²) in [6, 6.07) is 1.58. The van der Waals surface area contributed by atoms with Crippen LogP contribution < -0.4 is 10.6 Å². The van der Waals surface area contributed by atoms with Crippen LogP contribution in [-0.4, -0.2) is 33.4 Å². The van der Waals surface area contributed by atoms with E-state index in [9.17, 15) is 14.4 Å². The van der Waals surface area contributed by atoms with Crippen molar-refractivity contribution in [2.75, 3.05) is 5.32 Å². The van der Waals surface area contributed by atoms with Gasteiger partial charge in [-0.3, -0.25) is 19.7 Å². The number of thiazole rings is 1. The van der Waals surface area contributed by atoms with E-state index in [1.54, 1.807) is 32.2 Å². The minimum atomic E-state index is -0.903. The van der Waals surface area contributed by atoms with Gasteiger partial charge < -0.3 is 14.8 Å². The number of furan rings is 1. The average Bonchev–Trinajstić information content (AvgIpc) is 3.13. The summed E-state index contributed by atoms with van der Waals surface area (Å²) in [6.45, 7) is 5.24. The van der Waals surface area contributed by atoms with E-state index in [1.165, 1.54) is 17.6 Å². The van der Waals surface area contributed by atoms with Crippen LogP contribution in [0.3, 0.4) is 0 Å². The second-order valence-corrected chi connectivity index (χ2v) is 7.35. The Hall–Kier alpha value is -2.68. The first-order chi connectivity index (χ1) is 12.2. The van der Waals surface area contributed by atoms with Gasteiger partial charge in [-0.2, -0.15) is 0 Å². The Morgan fingerprint density at radius 2 is 2.08 bits per heavy atom. The molecule has 0 saturated carbocycles. The molecule has 0 aliphatic heterocycles. The summed E-state index contributed by atoms with van der Waals surface area (Å²) in [5.41, 5.74) is 0.335. The van der Waals surface area contributed by atoms with Gasteiger partial charge in [0.15, 0.2) is 5.13 Å². The summed E-state index contributed by atoms with van der Waals surface area (Å²) in [4.78, 5) is 39.1. The van der Waals surface area contributed by atoms with Crippen molar-refractivity contribution >= 4 is 34.3 Å². The summed E-state index contributed by atoms with van der Waals surface area (Å²) in [5, 5.41) is 16.3. The molecule has 0 radical (unpaired) electrons. The number of carbonyl (C=O) groups excluding carboxylic acids is 2. The topological polar surface area (TPSA) is 122 Å². The van der Waals surface area contributed by atoms with E-state index in [1.807, 2.05) is 0 Å². The fourth-order valence-electron chi connectivity index (χ4n) is 2.30. The van der Waals surface area contributed by atoms with Crippen molar-refractivity contribution < 1.29 is 23.9 Å². The molecule has 0 bridgehead atoms. The number of carboxylic acid groups (broad SMARTS) is 1. The van der Waals surface area contributed by atoms with Crippen LogP contribution in [0.25, 0.3) is 0 Å². The van der Waals surface area contributed by atoms with Crippen LogP contribution in [0.2, 0.25) is 0 Å². The lowest BCUT2D eigenvalue weighted by Crippen LogP contribution is -2.44. The molecule has 0 fully saturated rings. The molecule has 0 aliphatic carbocycles. The van der Waals surface area contributed by atoms with Crippen molar-refractivity contribution in [1.82, 2.24) is 10.3 Å². The summed E-state index contributed by atoms with van der Waals surface area (Å²) >= 11 is 1.22. The third-order valence-corrected chi connectivity index (χ3v) is 4.47. The fourth-order valence-corrected chi connectivity index (χ4v) is 3.00. The molecule has 0 saturated heterocycles. The number of aryl methyl sites for hydroxylation is 1. The normalized spacial score (nSPS) is 11.2. The smallest absolute Gasteiger partial charge is 0.303 e. The van der Waals surface area contributed by atoms with Crippen molar-refractivity contribution in [3.63, 3.8) is 0 Å². The number of carboxylic acids is 1. The maximum absolute atomic E-state index is 12.1. The third-order valence-electron chi connectivity index (χ3n) is 3.66. The summed E-state index contributed by atoms with van der Waals surface area (Å²) < 4.78 is 5.09. The van der Waals surface area contributed by atoms with Gasteiger partial charge >= 0.3 is 5.97 Å². The molecule has 9 heteroatoms. The van der Waals surface area contributed by atoms with E-state index in [-0.39, 0.29) is 24.7 Å². The second-order valence-electron chi connectivity index (χ2n) is 6.49. The van der Waals surface area contributed by atoms with Crippen molar-refractivity contribution in [2.45, 2.75) is 45.6 Å². The van der Waals surface area contributed by atoms with E-state index in [0.29, 0.717) is 28.6 Å². The molecule has 2 heterocycles. The number of carbonyl (C=O) groups is 3. The highest BCUT2D eigenvalue weighted by Crippen LogP contribution is 2.19. The fraction of sp³-hybridized carbons (Fsp3) is 0.412. The molecule has 3 N–H and O–H groups in total. The maximum Gasteiger partial charge on any atom is 0.303 e. The van der Waals surface area contributed by atoms with Gasteiger partial charge in [-0.25, -0.2) is 4.98 Å². The molecule has 0 unspecified atom stereocenters. The van der Waals surface area contributed by atoms with Crippen LogP contribution >= 0.6 is 11.3 Å². The molecule has 2 amide bonds. The van der Waals surface area contributed by atoms with Gasteiger partial charge in [0.1, 0.15) is 5.76 Å². The highest BCUT2D eigenvalue weighted by molar-refractivity contribution is 7.14. The van der Waals surface area contributed by atoms with Gasteiger partial charge in [-0.1, -0.05) is 0 Å². The molecule has 0 spiro atoms. The Balaban J connectivity index is 1.89. The number of amides is 2. The van der Waals surface area contributed by atoms with E-state index < -0.39 is 11.5 Å². The van der Waals surface area contributed by atoms with Gasteiger partial charge in [0.2, 0.25) is 5.91 Å². The number of rotatable bonds is 8. The summed E-state index contributed by atoms with van der Waals surface area (Å²) in [6.07, 6.45) is 1.80. The molecule has 2 aromatic rings. The largest absolute Gasteiger partial charge is 0.481 e. The Labute approximate surface area is 154 Å². The second kappa shape index (κ2) is 8.13. The number of aliphatic carboxylic acids is 1. The Kier molecular flexibility index (Phi) is 6.14. The van der Waals surface area contributed by atoms with E-state index in [4.69, 9.17) is 9.52 Å². The molecule has 26 heavy (non-hydrogen) atoms. The van der Waals surface area contributed by atoms with Crippen molar-refractivity contribution in [1.29, 1.82) is 0 Å². The zero-order chi connectivity index (χ0) is 19.3. The zero-order valence-corrected chi connectivity index (χ0v) is 15.6. The summed E-state index contributed by atoms with van der Waals surface area (Å²) in [7, 11) is 0. The van der Waals surface area contributed by atoms with Crippen LogP contribution in [0.15, 0.2) is 22.1 Å². The number of anilines is 1. The Bertz CT molecular complexity index is 809. The minimum Gasteiger partial charge on any atom is -0.481 e. The lowest BCUT2D eigenvalue weighted by molar-refractivity contribution is -0.137. The highest BCUT2D eigenvalue weighted by Gasteiger charge is 2.22. The van der Waals surface area contributed by atoms with Gasteiger partial charge in [0.05, 0.1) is 23.9 Å². The van der Waals surface area contributed by atoms with Crippen LogP contribution in [0.5, 0.6) is 0 Å². The van der Waals surface area contributed by atoms with Gasteiger partial charge in [0.25, 0.3) is 5.91 Å². The highest BCUT2D eigenvalue weighted by atomic mass is 32.1. The van der Waals surface area contributed by atoms with Crippen LogP contribution in [0.1, 0.15) is 48.5 Å². The molecular formula is C17H21N3O5S. The molecule has 8 nitrogen and oxygen atoms in total. The zero-order valence-electron chi connectivity index (χ0n) is 14.8. The van der Waals surface area contributed by atoms with Crippen LogP contribution in [-0.2, 0) is 16.0 Å². The molecule has 2 aromatic heterocycles. The van der Waals surface area contributed by atoms with E-state index >= 15 is 0 Å². The number of aromatic nitrogens is 1. The molecule has 0 aliphatic rings. The van der Waals surface area contributed by atoms with Gasteiger partial charge in [0, 0.05) is 17.3 Å². The lowest BCUT2D eigenvalue weighted by Gasteiger charge is -2.25. The predicted molar refractivity (Wildman–Crippen MR) is 96.3 cm³/mol. The Morgan fingerprint density at radius 1 is 1.35 bits per heavy atom. The van der Waals surface area contributed by atoms with E-state index in [2.05, 4.69) is 15.6 Å². The van der Waals surface area contributed by atoms with E-state index in [0.717, 1.165) is 0 Å². The molecule has 2 rings (SSSR count). The number of hydrogen-bond acceptors (Lipinski definition) is 6. The van der Waals surface area contributed by atoms with Crippen LogP contribution in [0.4, 0.5) is 5.13 Å². The number of nitrogens with one attached hydrogen (secondary N) is 2. The number of nitrogens with zero attached hydrogens (tertiary/aromatic N) is 1. The monoisotopic (exact) mass is 379 g/mol. The Morgan fingerprint density at radius 3 is 2.69 bits per heavy atom. The SMILES string of the molecule is Cc1occc1C(=O)Nc1nc(CC(=O)NC(C)(C)CCC(=O)O)cs1. The third kappa shape index (κ3) is 5.69. The maximum atomic E-state index is 12.1. The summed E-state index contributed by atoms with van der Waals surface area (Å²) in [5.74, 6) is -0.965. The van der Waals surface area contributed by atoms with Crippen molar-refractivity contribution in [3.8, 4) is 0 Å². The van der Waals surface area contributed by atoms with Gasteiger partial charge in [-0.15, -0.1) is 11.3 Å². The first kappa shape index (κ1) is 19.6. The van der Waals surface area contributed by atoms with Gasteiger partial charge in [-0.05, 0) is 33.3 Å². The van der Waals surface area contributed by atoms with Crippen molar-refractivity contribution in [3.05, 3.63) is 34.7 Å². The molecular weight excluding hydrogens is 358 g/mol. The van der Waals surface area contributed by atoms with Crippen molar-refractivity contribution in [2.24, 2.45) is 0 Å². The average molecular weight is 379 g/mol.